The third-order valence-electron chi connectivity index (χ3n) is 10.6. The number of aryl methyl sites for hydroxylation is 4. The van der Waals surface area contributed by atoms with Gasteiger partial charge in [-0.3, -0.25) is 4.79 Å². The number of nitrogens with zero attached hydrogens (tertiary/aromatic N) is 2. The molecule has 0 atom stereocenters. The zero-order valence-corrected chi connectivity index (χ0v) is 39.0. The van der Waals surface area contributed by atoms with Crippen LogP contribution in [0.5, 0.6) is 0 Å². The van der Waals surface area contributed by atoms with Gasteiger partial charge in [0.15, 0.2) is 5.78 Å². The van der Waals surface area contributed by atoms with Gasteiger partial charge in [-0.25, -0.2) is 0 Å². The summed E-state index contributed by atoms with van der Waals surface area (Å²) in [6.07, 6.45) is 5.22. The van der Waals surface area contributed by atoms with Crippen molar-refractivity contribution in [3.8, 4) is 22.5 Å². The standard InChI is InChI=1S/2C20H20N.C13H24O2.Ir/c2*1-13(2)16-5-6-19-17(12-16)7-8-21-20(19)18-10-14(3)9-15(4)11-18;1-5-10(6-2)12(14)9-13(15)11(7-3)8-4;/h2*5-10,12-13H,1-4H3;9-11,14H,5-8H2,1-4H3;/q2*-1;;/b;;12-9-;/i7D,8D;8D;;. The summed E-state index contributed by atoms with van der Waals surface area (Å²) in [5.74, 6) is 1.41. The topological polar surface area (TPSA) is 63.1 Å². The van der Waals surface area contributed by atoms with Gasteiger partial charge in [0.25, 0.3) is 0 Å². The van der Waals surface area contributed by atoms with Crippen LogP contribution in [0.15, 0.2) is 97.0 Å². The van der Waals surface area contributed by atoms with Crippen LogP contribution in [-0.2, 0) is 24.9 Å². The Morgan fingerprint density at radius 2 is 1.10 bits per heavy atom. The maximum absolute atomic E-state index is 11.7. The summed E-state index contributed by atoms with van der Waals surface area (Å²) in [7, 11) is 0. The molecule has 6 aromatic rings. The smallest absolute Gasteiger partial charge is 0.162 e. The Balaban J connectivity index is 0.000000248. The third-order valence-corrected chi connectivity index (χ3v) is 10.6. The van der Waals surface area contributed by atoms with Gasteiger partial charge in [0, 0.05) is 50.4 Å². The molecule has 309 valence electrons. The summed E-state index contributed by atoms with van der Waals surface area (Å²) < 4.78 is 24.3. The van der Waals surface area contributed by atoms with Gasteiger partial charge in [-0.2, -0.15) is 0 Å². The summed E-state index contributed by atoms with van der Waals surface area (Å²) in [5.41, 5.74) is 10.4. The second-order valence-corrected chi connectivity index (χ2v) is 15.9. The van der Waals surface area contributed by atoms with Crippen LogP contribution in [-0.4, -0.2) is 20.9 Å². The Morgan fingerprint density at radius 3 is 1.55 bits per heavy atom. The molecule has 0 saturated heterocycles. The quantitative estimate of drug-likeness (QED) is 0.0798. The van der Waals surface area contributed by atoms with E-state index in [1.54, 1.807) is 0 Å². The average Bonchev–Trinajstić information content (AvgIpc) is 3.19. The number of aliphatic hydroxyl groups is 1. The second-order valence-electron chi connectivity index (χ2n) is 15.9. The zero-order chi connectivity index (χ0) is 44.4. The molecule has 2 aromatic heterocycles. The van der Waals surface area contributed by atoms with E-state index in [2.05, 4.69) is 99.2 Å². The van der Waals surface area contributed by atoms with Crippen molar-refractivity contribution in [1.29, 1.82) is 0 Å². The molecule has 0 aliphatic rings. The number of hydrogen-bond donors (Lipinski definition) is 1. The number of aromatic nitrogens is 2. The fraction of sp³-hybridized carbons (Fsp3) is 0.377. The molecule has 0 spiro atoms. The molecular formula is C53H64IrN2O2-2. The molecule has 4 aromatic carbocycles. The van der Waals surface area contributed by atoms with Crippen LogP contribution >= 0.6 is 0 Å². The molecule has 1 N–H and O–H groups in total. The number of allylic oxidation sites excluding steroid dienone is 2. The van der Waals surface area contributed by atoms with E-state index in [-0.39, 0.29) is 55.7 Å². The molecule has 0 bridgehead atoms. The molecule has 1 radical (unpaired) electrons. The minimum Gasteiger partial charge on any atom is -0.512 e. The fourth-order valence-electron chi connectivity index (χ4n) is 7.17. The van der Waals surface area contributed by atoms with Crippen molar-refractivity contribution in [3.63, 3.8) is 0 Å². The summed E-state index contributed by atoms with van der Waals surface area (Å²) in [4.78, 5) is 20.6. The SMILES string of the molecule is CCC(CC)C(=O)/C=C(\O)C(CC)CC.[2H]c1cc2cc(C(C)C)ccc2c(-c2[c-]c(C)cc(C)c2)n1.[2H]c1nc(-c2[c-]c(C)cc(C)c2)c2ccc(C(C)C)cc2c1[2H].[Ir]. The van der Waals surface area contributed by atoms with Crippen molar-refractivity contribution in [1.82, 2.24) is 9.97 Å². The predicted molar refractivity (Wildman–Crippen MR) is 243 cm³/mol. The first-order valence-corrected chi connectivity index (χ1v) is 20.7. The first kappa shape index (κ1) is 43.1. The number of rotatable bonds is 11. The first-order valence-electron chi connectivity index (χ1n) is 22.2. The van der Waals surface area contributed by atoms with Crippen LogP contribution in [0.4, 0.5) is 0 Å². The van der Waals surface area contributed by atoms with Crippen molar-refractivity contribution >= 4 is 27.3 Å². The Hall–Kier alpha value is -4.44. The van der Waals surface area contributed by atoms with Crippen LogP contribution in [0.3, 0.4) is 0 Å². The van der Waals surface area contributed by atoms with Gasteiger partial charge in [-0.1, -0.05) is 119 Å². The van der Waals surface area contributed by atoms with Crippen molar-refractivity contribution in [2.45, 2.75) is 121 Å². The zero-order valence-electron chi connectivity index (χ0n) is 39.6. The van der Waals surface area contributed by atoms with Gasteiger partial charge < -0.3 is 15.1 Å². The molecular weight excluding hydrogens is 889 g/mol. The van der Waals surface area contributed by atoms with Crippen LogP contribution in [0.2, 0.25) is 0 Å². The number of aliphatic hydroxyl groups excluding tert-OH is 1. The number of benzene rings is 4. The van der Waals surface area contributed by atoms with E-state index in [1.165, 1.54) is 22.8 Å². The largest absolute Gasteiger partial charge is 0.512 e. The van der Waals surface area contributed by atoms with Gasteiger partial charge in [-0.05, 0) is 93.7 Å². The Kier molecular flexibility index (Phi) is 16.8. The minimum absolute atomic E-state index is 0. The maximum atomic E-state index is 11.7. The van der Waals surface area contributed by atoms with Crippen molar-refractivity contribution in [2.75, 3.05) is 0 Å². The van der Waals surface area contributed by atoms with Crippen LogP contribution in [0.1, 0.15) is 130 Å². The van der Waals surface area contributed by atoms with Gasteiger partial charge in [-0.15, -0.1) is 69.8 Å². The van der Waals surface area contributed by atoms with E-state index in [0.717, 1.165) is 86.4 Å². The molecule has 0 saturated carbocycles. The fourth-order valence-corrected chi connectivity index (χ4v) is 7.17. The maximum Gasteiger partial charge on any atom is 0.162 e. The van der Waals surface area contributed by atoms with Crippen molar-refractivity contribution in [2.24, 2.45) is 11.8 Å². The van der Waals surface area contributed by atoms with E-state index in [4.69, 9.17) is 4.11 Å². The van der Waals surface area contributed by atoms with Gasteiger partial charge in [0.1, 0.15) is 0 Å². The number of carbonyl (C=O) groups excluding carboxylic acids is 1. The average molecular weight is 956 g/mol. The monoisotopic (exact) mass is 956 g/mol. The second kappa shape index (κ2) is 22.6. The molecule has 0 aliphatic carbocycles. The van der Waals surface area contributed by atoms with E-state index in [0.29, 0.717) is 18.0 Å². The number of fused-ring (bicyclic) bond motifs is 2. The number of carbonyl (C=O) groups is 1. The molecule has 5 heteroatoms. The summed E-state index contributed by atoms with van der Waals surface area (Å²) >= 11 is 0. The van der Waals surface area contributed by atoms with Crippen LogP contribution < -0.4 is 0 Å². The molecule has 0 fully saturated rings. The van der Waals surface area contributed by atoms with Gasteiger partial charge in [0.2, 0.25) is 0 Å². The number of pyridine rings is 2. The Morgan fingerprint density at radius 1 is 0.655 bits per heavy atom. The molecule has 58 heavy (non-hydrogen) atoms. The van der Waals surface area contributed by atoms with E-state index in [1.807, 2.05) is 72.7 Å². The normalized spacial score (nSPS) is 12.1. The van der Waals surface area contributed by atoms with Gasteiger partial charge >= 0.3 is 0 Å². The molecule has 0 amide bonds. The van der Waals surface area contributed by atoms with Crippen molar-refractivity contribution < 1.29 is 34.1 Å². The summed E-state index contributed by atoms with van der Waals surface area (Å²) in [6, 6.07) is 29.6. The summed E-state index contributed by atoms with van der Waals surface area (Å²) in [6.45, 7) is 24.9. The van der Waals surface area contributed by atoms with E-state index >= 15 is 0 Å². The minimum atomic E-state index is 0. The van der Waals surface area contributed by atoms with E-state index in [9.17, 15) is 9.90 Å². The van der Waals surface area contributed by atoms with Gasteiger partial charge in [0.05, 0.1) is 9.87 Å². The first-order chi connectivity index (χ1) is 28.4. The molecule has 0 unspecified atom stereocenters. The van der Waals surface area contributed by atoms with E-state index < -0.39 is 0 Å². The molecule has 2 heterocycles. The predicted octanol–water partition coefficient (Wildman–Crippen LogP) is 14.8. The van der Waals surface area contributed by atoms with Crippen LogP contribution in [0, 0.1) is 51.7 Å². The third kappa shape index (κ3) is 12.8. The number of hydrogen-bond acceptors (Lipinski definition) is 4. The number of ketones is 1. The molecule has 4 nitrogen and oxygen atoms in total. The molecule has 6 rings (SSSR count). The van der Waals surface area contributed by atoms with Crippen molar-refractivity contribution in [3.05, 3.63) is 142 Å². The molecule has 0 aliphatic heterocycles. The van der Waals surface area contributed by atoms with Crippen LogP contribution in [0.25, 0.3) is 44.1 Å². The Labute approximate surface area is 367 Å². The Bertz CT molecular complexity index is 2430. The summed E-state index contributed by atoms with van der Waals surface area (Å²) in [5, 5.41) is 13.6.